The highest BCUT2D eigenvalue weighted by Crippen LogP contribution is 2.51. The van der Waals surface area contributed by atoms with E-state index in [9.17, 15) is 14.4 Å². The van der Waals surface area contributed by atoms with Gasteiger partial charge in [-0.1, -0.05) is 38.4 Å². The van der Waals surface area contributed by atoms with E-state index in [-0.39, 0.29) is 29.8 Å². The molecule has 3 aliphatic heterocycles. The first-order chi connectivity index (χ1) is 13.2. The number of carbonyl (C=O) groups is 3. The van der Waals surface area contributed by atoms with Crippen LogP contribution in [0.15, 0.2) is 18.2 Å². The molecule has 0 aromatic heterocycles. The van der Waals surface area contributed by atoms with Crippen LogP contribution < -0.4 is 10.6 Å². The van der Waals surface area contributed by atoms with E-state index in [1.165, 1.54) is 4.90 Å². The molecule has 4 rings (SSSR count). The Morgan fingerprint density at radius 3 is 2.57 bits per heavy atom. The Kier molecular flexibility index (Phi) is 4.55. The molecule has 0 aliphatic carbocycles. The second-order valence-corrected chi connectivity index (χ2v) is 9.16. The number of imide groups is 1. The Hall–Kier alpha value is -1.92. The number of rotatable bonds is 4. The number of halogens is 1. The topological polar surface area (TPSA) is 83.1 Å². The van der Waals surface area contributed by atoms with E-state index in [4.69, 9.17) is 11.6 Å². The van der Waals surface area contributed by atoms with E-state index in [1.807, 2.05) is 25.2 Å². The maximum Gasteiger partial charge on any atom is 0.291 e. The third kappa shape index (κ3) is 2.40. The van der Waals surface area contributed by atoms with Gasteiger partial charge in [-0.2, -0.15) is 0 Å². The number of anilines is 1. The molecule has 5 atom stereocenters. The van der Waals surface area contributed by atoms with Crippen molar-refractivity contribution in [1.82, 2.24) is 4.90 Å². The highest BCUT2D eigenvalue weighted by atomic mass is 35.5. The van der Waals surface area contributed by atoms with Gasteiger partial charge in [0.25, 0.3) is 5.91 Å². The summed E-state index contributed by atoms with van der Waals surface area (Å²) in [5, 5.41) is 5.32. The molecule has 3 aliphatic rings. The molecule has 2 fully saturated rings. The molecule has 7 heteroatoms. The van der Waals surface area contributed by atoms with Gasteiger partial charge >= 0.3 is 0 Å². The van der Waals surface area contributed by atoms with Gasteiger partial charge < -0.3 is 10.6 Å². The van der Waals surface area contributed by atoms with Gasteiger partial charge in [-0.15, -0.1) is 0 Å². The fourth-order valence-corrected chi connectivity index (χ4v) is 5.58. The highest BCUT2D eigenvalue weighted by Gasteiger charge is 2.74. The number of likely N-dealkylation sites (tertiary alicyclic amines) is 1. The fraction of sp³-hybridized carbons (Fsp3) is 0.571. The van der Waals surface area contributed by atoms with E-state index >= 15 is 0 Å². The molecule has 0 saturated carbocycles. The summed E-state index contributed by atoms with van der Waals surface area (Å²) in [4.78, 5) is 41.6. The van der Waals surface area contributed by atoms with Crippen LogP contribution in [0.2, 0.25) is 5.02 Å². The number of carbonyl (C=O) groups excluding carboxylic acids is 3. The van der Waals surface area contributed by atoms with Crippen molar-refractivity contribution in [3.8, 4) is 0 Å². The maximum atomic E-state index is 13.5. The predicted molar refractivity (Wildman–Crippen MR) is 106 cm³/mol. The minimum absolute atomic E-state index is 0.119. The van der Waals surface area contributed by atoms with Gasteiger partial charge in [0.1, 0.15) is 17.9 Å². The van der Waals surface area contributed by atoms with Crippen molar-refractivity contribution < 1.29 is 19.7 Å². The van der Waals surface area contributed by atoms with E-state index in [0.717, 1.165) is 12.0 Å². The van der Waals surface area contributed by atoms with E-state index < -0.39 is 17.4 Å². The fourth-order valence-electron chi connectivity index (χ4n) is 5.35. The van der Waals surface area contributed by atoms with Crippen molar-refractivity contribution in [2.45, 2.75) is 58.2 Å². The quantitative estimate of drug-likeness (QED) is 0.751. The molecule has 3 amide bonds. The predicted octanol–water partition coefficient (Wildman–Crippen LogP) is 1.88. The van der Waals surface area contributed by atoms with E-state index in [1.54, 1.807) is 12.1 Å². The largest absolute Gasteiger partial charge is 0.326 e. The third-order valence-corrected chi connectivity index (χ3v) is 6.98. The van der Waals surface area contributed by atoms with Crippen LogP contribution in [0.25, 0.3) is 0 Å². The molecule has 3 heterocycles. The summed E-state index contributed by atoms with van der Waals surface area (Å²) >= 11 is 6.34. The number of benzene rings is 1. The van der Waals surface area contributed by atoms with Gasteiger partial charge in [0.2, 0.25) is 17.4 Å². The van der Waals surface area contributed by atoms with Crippen LogP contribution in [0.5, 0.6) is 0 Å². The lowest BCUT2D eigenvalue weighted by atomic mass is 9.76. The number of amides is 3. The molecule has 1 aromatic carbocycles. The first-order valence-electron chi connectivity index (χ1n) is 10.1. The molecule has 1 aromatic rings. The normalized spacial score (nSPS) is 32.3. The summed E-state index contributed by atoms with van der Waals surface area (Å²) in [5.41, 5.74) is 0.161. The lowest BCUT2D eigenvalue weighted by molar-refractivity contribution is -0.734. The van der Waals surface area contributed by atoms with Crippen molar-refractivity contribution in [2.75, 3.05) is 5.32 Å². The summed E-state index contributed by atoms with van der Waals surface area (Å²) in [6.07, 6.45) is 1.45. The third-order valence-electron chi connectivity index (χ3n) is 6.66. The van der Waals surface area contributed by atoms with Crippen LogP contribution in [0.1, 0.15) is 46.1 Å². The number of para-hydroxylation sites is 1. The highest BCUT2D eigenvalue weighted by molar-refractivity contribution is 6.35. The van der Waals surface area contributed by atoms with Crippen LogP contribution >= 0.6 is 11.6 Å². The Balaban J connectivity index is 1.89. The summed E-state index contributed by atoms with van der Waals surface area (Å²) in [5.74, 6) is -1.44. The number of hydrogen-bond acceptors (Lipinski definition) is 3. The summed E-state index contributed by atoms with van der Waals surface area (Å²) in [6.45, 7) is 8.05. The van der Waals surface area contributed by atoms with E-state index in [2.05, 4.69) is 19.2 Å². The molecule has 28 heavy (non-hydrogen) atoms. The zero-order chi connectivity index (χ0) is 20.4. The van der Waals surface area contributed by atoms with Crippen LogP contribution in [-0.4, -0.2) is 34.7 Å². The average Bonchev–Trinajstić information content (AvgIpc) is 3.21. The van der Waals surface area contributed by atoms with Crippen LogP contribution in [0.3, 0.4) is 0 Å². The summed E-state index contributed by atoms with van der Waals surface area (Å²) in [6, 6.07) is 5.09. The SMILES string of the molecule is CC[C@H](C)N1C(=O)[C@@H]2[C@H](CC(C)C)[NH2+][C@@]3(C(=O)Nc4c(Cl)cccc43)[C@@H]2C1=O. The molecule has 6 nitrogen and oxygen atoms in total. The smallest absolute Gasteiger partial charge is 0.291 e. The van der Waals surface area contributed by atoms with Gasteiger partial charge in [-0.05, 0) is 31.4 Å². The Morgan fingerprint density at radius 1 is 1.21 bits per heavy atom. The number of quaternary nitrogens is 1. The molecule has 0 radical (unpaired) electrons. The monoisotopic (exact) mass is 404 g/mol. The van der Waals surface area contributed by atoms with E-state index in [0.29, 0.717) is 23.0 Å². The van der Waals surface area contributed by atoms with Crippen LogP contribution in [0, 0.1) is 17.8 Å². The Labute approximate surface area is 170 Å². The van der Waals surface area contributed by atoms with Gasteiger partial charge in [0.05, 0.1) is 10.7 Å². The van der Waals surface area contributed by atoms with Crippen LogP contribution in [-0.2, 0) is 19.9 Å². The lowest BCUT2D eigenvalue weighted by Crippen LogP contribution is -2.99. The number of hydrogen-bond donors (Lipinski definition) is 2. The minimum atomic E-state index is -1.13. The minimum Gasteiger partial charge on any atom is -0.326 e. The van der Waals surface area contributed by atoms with Crippen molar-refractivity contribution in [3.05, 3.63) is 28.8 Å². The van der Waals surface area contributed by atoms with Gasteiger partial charge in [-0.3, -0.25) is 19.3 Å². The molecule has 1 spiro atoms. The zero-order valence-electron chi connectivity index (χ0n) is 16.7. The van der Waals surface area contributed by atoms with Crippen molar-refractivity contribution >= 4 is 35.0 Å². The molecule has 0 bridgehead atoms. The van der Waals surface area contributed by atoms with Crippen molar-refractivity contribution in [1.29, 1.82) is 0 Å². The second kappa shape index (κ2) is 6.56. The number of nitrogens with one attached hydrogen (secondary N) is 1. The average molecular weight is 405 g/mol. The maximum absolute atomic E-state index is 13.5. The summed E-state index contributed by atoms with van der Waals surface area (Å²) in [7, 11) is 0. The molecule has 0 unspecified atom stereocenters. The Morgan fingerprint density at radius 2 is 1.93 bits per heavy atom. The first-order valence-corrected chi connectivity index (χ1v) is 10.4. The first kappa shape index (κ1) is 19.4. The Bertz CT molecular complexity index is 870. The number of nitrogens with two attached hydrogens (primary N) is 1. The standard InChI is InChI=1S/C21H26ClN3O3/c1-5-11(4)25-18(26)15-14(9-10(2)3)24-21(16(15)19(25)27)12-7-6-8-13(22)17(12)23-20(21)28/h6-8,10-11,14-16,24H,5,9H2,1-4H3,(H,23,28)/p+1/t11-,14-,15+,16-,21+/m0/s1. The van der Waals surface area contributed by atoms with Crippen molar-refractivity contribution in [2.24, 2.45) is 17.8 Å². The number of fused-ring (bicyclic) bond motifs is 4. The van der Waals surface area contributed by atoms with Gasteiger partial charge in [0.15, 0.2) is 0 Å². The molecular weight excluding hydrogens is 378 g/mol. The lowest BCUT2D eigenvalue weighted by Gasteiger charge is -2.28. The van der Waals surface area contributed by atoms with Gasteiger partial charge in [0, 0.05) is 18.0 Å². The molecule has 3 N–H and O–H groups in total. The molecule has 150 valence electrons. The summed E-state index contributed by atoms with van der Waals surface area (Å²) < 4.78 is 0. The molecular formula is C21H27ClN3O3+. The van der Waals surface area contributed by atoms with Gasteiger partial charge in [-0.25, -0.2) is 0 Å². The van der Waals surface area contributed by atoms with Crippen LogP contribution in [0.4, 0.5) is 5.69 Å². The van der Waals surface area contributed by atoms with Crippen molar-refractivity contribution in [3.63, 3.8) is 0 Å². The molecule has 2 saturated heterocycles. The zero-order valence-corrected chi connectivity index (χ0v) is 17.4. The number of nitrogens with zero attached hydrogens (tertiary/aromatic N) is 1. The second-order valence-electron chi connectivity index (χ2n) is 8.75.